The molecule has 1 amide bonds. The Morgan fingerprint density at radius 2 is 1.50 bits per heavy atom. The molecule has 0 aromatic heterocycles. The average molecular weight is 265 g/mol. The van der Waals surface area contributed by atoms with Crippen LogP contribution in [0.15, 0.2) is 48.5 Å². The number of anilines is 1. The van der Waals surface area contributed by atoms with Crippen LogP contribution in [-0.4, -0.2) is 18.7 Å². The maximum Gasteiger partial charge on any atom is 0.227 e. The van der Waals surface area contributed by atoms with E-state index in [1.807, 2.05) is 41.3 Å². The van der Waals surface area contributed by atoms with Gasteiger partial charge in [0.2, 0.25) is 5.91 Å². The zero-order valence-corrected chi connectivity index (χ0v) is 11.1. The molecule has 0 aliphatic carbocycles. The second-order valence-electron chi connectivity index (χ2n) is 4.94. The van der Waals surface area contributed by atoms with Crippen molar-refractivity contribution in [1.29, 1.82) is 0 Å². The lowest BCUT2D eigenvalue weighted by molar-refractivity contribution is -0.117. The number of aldehydes is 1. The highest BCUT2D eigenvalue weighted by Gasteiger charge is 2.21. The van der Waals surface area contributed by atoms with Crippen molar-refractivity contribution in [1.82, 2.24) is 0 Å². The van der Waals surface area contributed by atoms with E-state index in [0.717, 1.165) is 36.1 Å². The van der Waals surface area contributed by atoms with Gasteiger partial charge in [-0.15, -0.1) is 0 Å². The summed E-state index contributed by atoms with van der Waals surface area (Å²) < 4.78 is 0. The zero-order chi connectivity index (χ0) is 13.9. The fraction of sp³-hybridized carbons (Fsp3) is 0.176. The number of hydrogen-bond donors (Lipinski definition) is 0. The highest BCUT2D eigenvalue weighted by atomic mass is 16.2. The van der Waals surface area contributed by atoms with E-state index < -0.39 is 0 Å². The number of carbonyl (C=O) groups excluding carboxylic acids is 2. The topological polar surface area (TPSA) is 37.4 Å². The molecular formula is C17H15NO2. The van der Waals surface area contributed by atoms with Gasteiger partial charge in [0.05, 0.1) is 0 Å². The number of amides is 1. The van der Waals surface area contributed by atoms with Gasteiger partial charge in [0.25, 0.3) is 0 Å². The molecule has 1 aliphatic rings. The first kappa shape index (κ1) is 12.6. The summed E-state index contributed by atoms with van der Waals surface area (Å²) in [7, 11) is 0. The Hall–Kier alpha value is -2.42. The molecule has 0 saturated carbocycles. The Kier molecular flexibility index (Phi) is 3.33. The van der Waals surface area contributed by atoms with Crippen LogP contribution in [0.4, 0.5) is 5.69 Å². The molecule has 20 heavy (non-hydrogen) atoms. The first-order valence-electron chi connectivity index (χ1n) is 6.74. The molecule has 1 saturated heterocycles. The molecule has 3 heteroatoms. The van der Waals surface area contributed by atoms with Crippen LogP contribution in [0, 0.1) is 0 Å². The van der Waals surface area contributed by atoms with Gasteiger partial charge in [-0.05, 0) is 29.7 Å². The van der Waals surface area contributed by atoms with Gasteiger partial charge < -0.3 is 4.90 Å². The monoisotopic (exact) mass is 265 g/mol. The van der Waals surface area contributed by atoms with Crippen molar-refractivity contribution >= 4 is 17.9 Å². The third kappa shape index (κ3) is 2.35. The third-order valence-corrected chi connectivity index (χ3v) is 3.63. The zero-order valence-electron chi connectivity index (χ0n) is 11.1. The SMILES string of the molecule is O=Cc1ccc(-c2ccc(N3CCCC3=O)cc2)cc1. The lowest BCUT2D eigenvalue weighted by Gasteiger charge is -2.16. The average Bonchev–Trinajstić information content (AvgIpc) is 2.94. The van der Waals surface area contributed by atoms with Crippen molar-refractivity contribution in [3.63, 3.8) is 0 Å². The summed E-state index contributed by atoms with van der Waals surface area (Å²) >= 11 is 0. The first-order valence-corrected chi connectivity index (χ1v) is 6.74. The normalized spacial score (nSPS) is 14.6. The van der Waals surface area contributed by atoms with Gasteiger partial charge in [0, 0.05) is 24.2 Å². The van der Waals surface area contributed by atoms with E-state index in [2.05, 4.69) is 0 Å². The van der Waals surface area contributed by atoms with Gasteiger partial charge >= 0.3 is 0 Å². The van der Waals surface area contributed by atoms with E-state index in [1.165, 1.54) is 0 Å². The van der Waals surface area contributed by atoms with Gasteiger partial charge in [0.1, 0.15) is 6.29 Å². The molecule has 0 radical (unpaired) electrons. The van der Waals surface area contributed by atoms with E-state index in [0.29, 0.717) is 12.0 Å². The number of benzene rings is 2. The summed E-state index contributed by atoms with van der Waals surface area (Å²) in [4.78, 5) is 24.2. The first-order chi connectivity index (χ1) is 9.78. The Morgan fingerprint density at radius 3 is 2.00 bits per heavy atom. The molecule has 0 atom stereocenters. The molecular weight excluding hydrogens is 250 g/mol. The van der Waals surface area contributed by atoms with Crippen LogP contribution in [0.5, 0.6) is 0 Å². The van der Waals surface area contributed by atoms with Crippen LogP contribution in [0.2, 0.25) is 0 Å². The highest BCUT2D eigenvalue weighted by molar-refractivity contribution is 5.95. The molecule has 3 nitrogen and oxygen atoms in total. The molecule has 1 aliphatic heterocycles. The minimum absolute atomic E-state index is 0.202. The van der Waals surface area contributed by atoms with E-state index in [-0.39, 0.29) is 5.91 Å². The van der Waals surface area contributed by atoms with E-state index in [9.17, 15) is 9.59 Å². The van der Waals surface area contributed by atoms with Crippen molar-refractivity contribution in [3.8, 4) is 11.1 Å². The van der Waals surface area contributed by atoms with Crippen molar-refractivity contribution in [2.45, 2.75) is 12.8 Å². The molecule has 2 aromatic rings. The molecule has 1 fully saturated rings. The minimum atomic E-state index is 0.202. The molecule has 1 heterocycles. The fourth-order valence-corrected chi connectivity index (χ4v) is 2.51. The maximum atomic E-state index is 11.7. The minimum Gasteiger partial charge on any atom is -0.312 e. The molecule has 0 spiro atoms. The summed E-state index contributed by atoms with van der Waals surface area (Å²) in [6, 6.07) is 15.5. The lowest BCUT2D eigenvalue weighted by Crippen LogP contribution is -2.23. The Labute approximate surface area is 117 Å². The van der Waals surface area contributed by atoms with Crippen LogP contribution in [0.3, 0.4) is 0 Å². The van der Waals surface area contributed by atoms with E-state index in [1.54, 1.807) is 12.1 Å². The van der Waals surface area contributed by atoms with Gasteiger partial charge in [-0.2, -0.15) is 0 Å². The predicted octanol–water partition coefficient (Wildman–Crippen LogP) is 3.29. The van der Waals surface area contributed by atoms with E-state index >= 15 is 0 Å². The molecule has 0 N–H and O–H groups in total. The van der Waals surface area contributed by atoms with Crippen LogP contribution >= 0.6 is 0 Å². The second kappa shape index (κ2) is 5.29. The summed E-state index contributed by atoms with van der Waals surface area (Å²) in [5, 5.41) is 0. The largest absolute Gasteiger partial charge is 0.312 e. The van der Waals surface area contributed by atoms with Crippen molar-refractivity contribution in [3.05, 3.63) is 54.1 Å². The molecule has 0 bridgehead atoms. The summed E-state index contributed by atoms with van der Waals surface area (Å²) in [5.41, 5.74) is 3.78. The Balaban J connectivity index is 1.84. The van der Waals surface area contributed by atoms with Crippen LogP contribution < -0.4 is 4.90 Å². The van der Waals surface area contributed by atoms with Crippen LogP contribution in [-0.2, 0) is 4.79 Å². The molecule has 2 aromatic carbocycles. The Bertz CT molecular complexity index is 629. The maximum absolute atomic E-state index is 11.7. The van der Waals surface area contributed by atoms with Crippen molar-refractivity contribution < 1.29 is 9.59 Å². The number of carbonyl (C=O) groups is 2. The molecule has 100 valence electrons. The number of hydrogen-bond acceptors (Lipinski definition) is 2. The number of rotatable bonds is 3. The quantitative estimate of drug-likeness (QED) is 0.798. The van der Waals surface area contributed by atoms with Gasteiger partial charge in [-0.25, -0.2) is 0 Å². The molecule has 0 unspecified atom stereocenters. The fourth-order valence-electron chi connectivity index (χ4n) is 2.51. The van der Waals surface area contributed by atoms with Crippen LogP contribution in [0.25, 0.3) is 11.1 Å². The summed E-state index contributed by atoms with van der Waals surface area (Å²) in [5.74, 6) is 0.202. The van der Waals surface area contributed by atoms with Crippen LogP contribution in [0.1, 0.15) is 23.2 Å². The standard InChI is InChI=1S/C17H15NO2/c19-12-13-3-5-14(6-4-13)15-7-9-16(10-8-15)18-11-1-2-17(18)20/h3-10,12H,1-2,11H2. The van der Waals surface area contributed by atoms with Gasteiger partial charge in [-0.3, -0.25) is 9.59 Å². The van der Waals surface area contributed by atoms with E-state index in [4.69, 9.17) is 0 Å². The summed E-state index contributed by atoms with van der Waals surface area (Å²) in [6.07, 6.45) is 2.43. The highest BCUT2D eigenvalue weighted by Crippen LogP contribution is 2.26. The number of nitrogens with zero attached hydrogens (tertiary/aromatic N) is 1. The Morgan fingerprint density at radius 1 is 0.900 bits per heavy atom. The van der Waals surface area contributed by atoms with Crippen molar-refractivity contribution in [2.24, 2.45) is 0 Å². The second-order valence-corrected chi connectivity index (χ2v) is 4.94. The van der Waals surface area contributed by atoms with Gasteiger partial charge in [-0.1, -0.05) is 36.4 Å². The third-order valence-electron chi connectivity index (χ3n) is 3.63. The van der Waals surface area contributed by atoms with Crippen molar-refractivity contribution in [2.75, 3.05) is 11.4 Å². The molecule has 3 rings (SSSR count). The summed E-state index contributed by atoms with van der Waals surface area (Å²) in [6.45, 7) is 0.812. The predicted molar refractivity (Wildman–Crippen MR) is 78.9 cm³/mol. The smallest absolute Gasteiger partial charge is 0.227 e. The lowest BCUT2D eigenvalue weighted by atomic mass is 10.0. The van der Waals surface area contributed by atoms with Gasteiger partial charge in [0.15, 0.2) is 0 Å².